The van der Waals surface area contributed by atoms with E-state index in [0.717, 1.165) is 6.04 Å². The van der Waals surface area contributed by atoms with E-state index in [4.69, 9.17) is 5.73 Å². The molecule has 0 aromatic rings. The van der Waals surface area contributed by atoms with Crippen LogP contribution in [0, 0.1) is 0 Å². The predicted octanol–water partition coefficient (Wildman–Crippen LogP) is 0.161. The molecule has 3 nitrogen and oxygen atoms in total. The molecule has 2 aliphatic rings. The van der Waals surface area contributed by atoms with E-state index < -0.39 is 0 Å². The Morgan fingerprint density at radius 3 is 2.54 bits per heavy atom. The van der Waals surface area contributed by atoms with Gasteiger partial charge in [0.2, 0.25) is 0 Å². The SMILES string of the molecule is NC1CCN(C2CCCNC2)CC1. The average Bonchev–Trinajstić information content (AvgIpc) is 2.20. The van der Waals surface area contributed by atoms with Crippen molar-refractivity contribution < 1.29 is 0 Å². The molecular formula is C10H21N3. The lowest BCUT2D eigenvalue weighted by molar-refractivity contribution is 0.131. The van der Waals surface area contributed by atoms with Gasteiger partial charge in [0.15, 0.2) is 0 Å². The number of piperidine rings is 2. The summed E-state index contributed by atoms with van der Waals surface area (Å²) >= 11 is 0. The van der Waals surface area contributed by atoms with Gasteiger partial charge in [0.05, 0.1) is 0 Å². The molecule has 2 fully saturated rings. The molecule has 1 unspecified atom stereocenters. The predicted molar refractivity (Wildman–Crippen MR) is 54.7 cm³/mol. The highest BCUT2D eigenvalue weighted by molar-refractivity contribution is 4.83. The number of likely N-dealkylation sites (tertiary alicyclic amines) is 1. The summed E-state index contributed by atoms with van der Waals surface area (Å²) in [6, 6.07) is 1.26. The van der Waals surface area contributed by atoms with Gasteiger partial charge >= 0.3 is 0 Å². The average molecular weight is 183 g/mol. The fourth-order valence-corrected chi connectivity index (χ4v) is 2.43. The van der Waals surface area contributed by atoms with Crippen molar-refractivity contribution in [3.63, 3.8) is 0 Å². The monoisotopic (exact) mass is 183 g/mol. The molecule has 2 aliphatic heterocycles. The molecule has 2 rings (SSSR count). The summed E-state index contributed by atoms with van der Waals surface area (Å²) in [6.07, 6.45) is 5.10. The van der Waals surface area contributed by atoms with E-state index in [2.05, 4.69) is 10.2 Å². The first-order valence-corrected chi connectivity index (χ1v) is 5.56. The molecule has 0 bridgehead atoms. The van der Waals surface area contributed by atoms with Crippen LogP contribution in [-0.2, 0) is 0 Å². The Morgan fingerprint density at radius 1 is 1.15 bits per heavy atom. The van der Waals surface area contributed by atoms with Gasteiger partial charge in [0.1, 0.15) is 0 Å². The van der Waals surface area contributed by atoms with Crippen LogP contribution in [0.3, 0.4) is 0 Å². The summed E-state index contributed by atoms with van der Waals surface area (Å²) in [6.45, 7) is 4.83. The van der Waals surface area contributed by atoms with E-state index in [1.54, 1.807) is 0 Å². The van der Waals surface area contributed by atoms with Crippen LogP contribution in [0.4, 0.5) is 0 Å². The second-order valence-electron chi connectivity index (χ2n) is 4.37. The minimum absolute atomic E-state index is 0.466. The first-order chi connectivity index (χ1) is 6.36. The zero-order valence-corrected chi connectivity index (χ0v) is 8.34. The smallest absolute Gasteiger partial charge is 0.0221 e. The van der Waals surface area contributed by atoms with E-state index in [9.17, 15) is 0 Å². The van der Waals surface area contributed by atoms with Crippen molar-refractivity contribution in [1.82, 2.24) is 10.2 Å². The lowest BCUT2D eigenvalue weighted by Crippen LogP contribution is -2.50. The van der Waals surface area contributed by atoms with Crippen molar-refractivity contribution in [2.24, 2.45) is 5.73 Å². The summed E-state index contributed by atoms with van der Waals surface area (Å²) in [7, 11) is 0. The fraction of sp³-hybridized carbons (Fsp3) is 1.00. The normalized spacial score (nSPS) is 33.5. The molecule has 0 aromatic carbocycles. The Kier molecular flexibility index (Phi) is 3.19. The molecule has 1 atom stereocenters. The molecule has 3 heteroatoms. The Balaban J connectivity index is 1.79. The van der Waals surface area contributed by atoms with Crippen molar-refractivity contribution in [1.29, 1.82) is 0 Å². The van der Waals surface area contributed by atoms with Crippen molar-refractivity contribution in [2.75, 3.05) is 26.2 Å². The highest BCUT2D eigenvalue weighted by Crippen LogP contribution is 2.16. The van der Waals surface area contributed by atoms with Gasteiger partial charge in [0.25, 0.3) is 0 Å². The lowest BCUT2D eigenvalue weighted by atomic mass is 10.00. The third-order valence-electron chi connectivity index (χ3n) is 3.36. The molecule has 2 heterocycles. The Labute approximate surface area is 80.7 Å². The summed E-state index contributed by atoms with van der Waals surface area (Å²) < 4.78 is 0. The molecule has 0 spiro atoms. The Morgan fingerprint density at radius 2 is 1.92 bits per heavy atom. The number of hydrogen-bond donors (Lipinski definition) is 2. The van der Waals surface area contributed by atoms with Crippen LogP contribution >= 0.6 is 0 Å². The maximum Gasteiger partial charge on any atom is 0.0221 e. The number of nitrogens with one attached hydrogen (secondary N) is 1. The maximum absolute atomic E-state index is 5.88. The number of hydrogen-bond acceptors (Lipinski definition) is 3. The van der Waals surface area contributed by atoms with Gasteiger partial charge in [-0.1, -0.05) is 0 Å². The van der Waals surface area contributed by atoms with Crippen LogP contribution in [0.25, 0.3) is 0 Å². The van der Waals surface area contributed by atoms with Gasteiger partial charge in [-0.05, 0) is 45.3 Å². The van der Waals surface area contributed by atoms with Gasteiger partial charge in [-0.15, -0.1) is 0 Å². The van der Waals surface area contributed by atoms with Crippen LogP contribution in [-0.4, -0.2) is 43.2 Å². The standard InChI is InChI=1S/C10H21N3/c11-9-3-6-13(7-4-9)10-2-1-5-12-8-10/h9-10,12H,1-8,11H2. The number of nitrogens with two attached hydrogens (primary N) is 1. The van der Waals surface area contributed by atoms with E-state index >= 15 is 0 Å². The van der Waals surface area contributed by atoms with Crippen LogP contribution < -0.4 is 11.1 Å². The Hall–Kier alpha value is -0.120. The minimum atomic E-state index is 0.466. The van der Waals surface area contributed by atoms with Crippen molar-refractivity contribution in [3.8, 4) is 0 Å². The molecule has 0 radical (unpaired) electrons. The van der Waals surface area contributed by atoms with Crippen molar-refractivity contribution in [2.45, 2.75) is 37.8 Å². The summed E-state index contributed by atoms with van der Waals surface area (Å²) in [5, 5.41) is 3.47. The topological polar surface area (TPSA) is 41.3 Å². The molecule has 0 saturated carbocycles. The van der Waals surface area contributed by atoms with Crippen LogP contribution in [0.1, 0.15) is 25.7 Å². The molecule has 3 N–H and O–H groups in total. The van der Waals surface area contributed by atoms with Crippen molar-refractivity contribution in [3.05, 3.63) is 0 Å². The van der Waals surface area contributed by atoms with Gasteiger partial charge in [-0.25, -0.2) is 0 Å². The molecule has 13 heavy (non-hydrogen) atoms. The van der Waals surface area contributed by atoms with E-state index in [0.29, 0.717) is 6.04 Å². The second kappa shape index (κ2) is 4.40. The molecule has 2 saturated heterocycles. The summed E-state index contributed by atoms with van der Waals surface area (Å²) in [4.78, 5) is 2.62. The number of rotatable bonds is 1. The third kappa shape index (κ3) is 2.42. The van der Waals surface area contributed by atoms with Gasteiger partial charge < -0.3 is 11.1 Å². The fourth-order valence-electron chi connectivity index (χ4n) is 2.43. The van der Waals surface area contributed by atoms with Crippen LogP contribution in [0.2, 0.25) is 0 Å². The van der Waals surface area contributed by atoms with Crippen LogP contribution in [0.5, 0.6) is 0 Å². The minimum Gasteiger partial charge on any atom is -0.328 e. The summed E-state index contributed by atoms with van der Waals surface area (Å²) in [5.41, 5.74) is 5.88. The molecule has 76 valence electrons. The molecule has 0 aromatic heterocycles. The van der Waals surface area contributed by atoms with Gasteiger partial charge in [0, 0.05) is 18.6 Å². The van der Waals surface area contributed by atoms with E-state index in [1.165, 1.54) is 51.9 Å². The molecular weight excluding hydrogens is 162 g/mol. The first kappa shape index (κ1) is 9.44. The van der Waals surface area contributed by atoms with Gasteiger partial charge in [-0.3, -0.25) is 4.90 Å². The highest BCUT2D eigenvalue weighted by Gasteiger charge is 2.24. The van der Waals surface area contributed by atoms with Crippen LogP contribution in [0.15, 0.2) is 0 Å². The third-order valence-corrected chi connectivity index (χ3v) is 3.36. The maximum atomic E-state index is 5.88. The highest BCUT2D eigenvalue weighted by atomic mass is 15.2. The Bertz CT molecular complexity index is 146. The molecule has 0 amide bonds. The molecule has 0 aliphatic carbocycles. The largest absolute Gasteiger partial charge is 0.328 e. The first-order valence-electron chi connectivity index (χ1n) is 5.56. The zero-order valence-electron chi connectivity index (χ0n) is 8.34. The van der Waals surface area contributed by atoms with E-state index in [1.807, 2.05) is 0 Å². The lowest BCUT2D eigenvalue weighted by Gasteiger charge is -2.38. The quantitative estimate of drug-likeness (QED) is 0.608. The second-order valence-corrected chi connectivity index (χ2v) is 4.37. The number of nitrogens with zero attached hydrogens (tertiary/aromatic N) is 1. The van der Waals surface area contributed by atoms with E-state index in [-0.39, 0.29) is 0 Å². The zero-order chi connectivity index (χ0) is 9.10. The van der Waals surface area contributed by atoms with Crippen molar-refractivity contribution >= 4 is 0 Å². The van der Waals surface area contributed by atoms with Gasteiger partial charge in [-0.2, -0.15) is 0 Å². The summed E-state index contributed by atoms with van der Waals surface area (Å²) in [5.74, 6) is 0.